The second kappa shape index (κ2) is 11.1. The number of hydrogen-bond acceptors (Lipinski definition) is 9. The summed E-state index contributed by atoms with van der Waals surface area (Å²) >= 11 is 6.03. The Hall–Kier alpha value is -3.97. The van der Waals surface area contributed by atoms with Crippen LogP contribution < -0.4 is 20.5 Å². The van der Waals surface area contributed by atoms with Crippen LogP contribution in [-0.4, -0.2) is 58.4 Å². The Kier molecular flexibility index (Phi) is 7.75. The fraction of sp³-hybridized carbons (Fsp3) is 0.370. The van der Waals surface area contributed by atoms with Crippen molar-refractivity contribution in [2.45, 2.75) is 38.6 Å². The fourth-order valence-electron chi connectivity index (χ4n) is 5.34. The van der Waals surface area contributed by atoms with E-state index < -0.39 is 22.0 Å². The van der Waals surface area contributed by atoms with Crippen LogP contribution in [0.4, 0.5) is 11.5 Å². The number of carbonyl (C=O) groups is 1. The normalized spacial score (nSPS) is 16.5. The summed E-state index contributed by atoms with van der Waals surface area (Å²) in [5, 5.41) is 11.0. The number of H-pyrrole nitrogens is 1. The number of benzene rings is 1. The van der Waals surface area contributed by atoms with Crippen LogP contribution in [0.2, 0.25) is 5.15 Å². The number of piperidine rings is 1. The van der Waals surface area contributed by atoms with Crippen molar-refractivity contribution in [1.29, 1.82) is 0 Å². The topological polar surface area (TPSA) is 155 Å². The lowest BCUT2D eigenvalue weighted by Gasteiger charge is -2.33. The largest absolute Gasteiger partial charge is 0.377 e. The van der Waals surface area contributed by atoms with Gasteiger partial charge in [-0.05, 0) is 50.5 Å². The van der Waals surface area contributed by atoms with Crippen LogP contribution in [0.1, 0.15) is 59.2 Å². The van der Waals surface area contributed by atoms with Crippen LogP contribution in [0, 0.1) is 6.92 Å². The number of amides is 1. The summed E-state index contributed by atoms with van der Waals surface area (Å²) in [5.74, 6) is 0.668. The Labute approximate surface area is 242 Å². The first-order valence-corrected chi connectivity index (χ1v) is 15.4. The first kappa shape index (κ1) is 28.6. The third-order valence-corrected chi connectivity index (χ3v) is 7.94. The molecule has 4 aromatic rings. The number of fused-ring (bicyclic) bond motifs is 1. The van der Waals surface area contributed by atoms with E-state index in [2.05, 4.69) is 25.4 Å². The molecule has 3 aromatic heterocycles. The summed E-state index contributed by atoms with van der Waals surface area (Å²) in [6.07, 6.45) is 4.50. The standard InChI is InChI=1S/C27H31ClN8O4S/c1-15-12-18(16(2)30-20-7-8-21(28)31-24(20)26(37)34-41(4,39)40)23-19(13-15)27(38)35(3)25(32-23)17-6-5-11-36(14-17)22-9-10-29-33-22/h7-10,12-13,16-17,30H,5-6,11,14H2,1-4H3,(H,29,33)(H,34,37)/t16-,17-/m1/s1. The summed E-state index contributed by atoms with van der Waals surface area (Å²) in [4.78, 5) is 37.7. The summed E-state index contributed by atoms with van der Waals surface area (Å²) in [6, 6.07) is 8.33. The van der Waals surface area contributed by atoms with Gasteiger partial charge in [0.2, 0.25) is 10.0 Å². The van der Waals surface area contributed by atoms with Crippen LogP contribution in [0.25, 0.3) is 10.9 Å². The van der Waals surface area contributed by atoms with E-state index in [1.165, 1.54) is 6.07 Å². The number of anilines is 2. The van der Waals surface area contributed by atoms with Crippen molar-refractivity contribution < 1.29 is 13.2 Å². The molecule has 3 N–H and O–H groups in total. The molecule has 0 aliphatic carbocycles. The van der Waals surface area contributed by atoms with Gasteiger partial charge < -0.3 is 10.2 Å². The predicted octanol–water partition coefficient (Wildman–Crippen LogP) is 3.26. The molecule has 2 atom stereocenters. The van der Waals surface area contributed by atoms with Crippen LogP contribution in [0.15, 0.2) is 41.3 Å². The molecule has 12 nitrogen and oxygen atoms in total. The number of nitrogens with one attached hydrogen (secondary N) is 3. The maximum Gasteiger partial charge on any atom is 0.285 e. The van der Waals surface area contributed by atoms with Crippen molar-refractivity contribution in [3.05, 3.63) is 74.7 Å². The zero-order chi connectivity index (χ0) is 29.5. The highest BCUT2D eigenvalue weighted by atomic mass is 35.5. The van der Waals surface area contributed by atoms with Gasteiger partial charge in [-0.15, -0.1) is 0 Å². The minimum atomic E-state index is -3.83. The van der Waals surface area contributed by atoms with E-state index in [4.69, 9.17) is 16.6 Å². The van der Waals surface area contributed by atoms with Gasteiger partial charge in [0.25, 0.3) is 11.5 Å². The highest BCUT2D eigenvalue weighted by Gasteiger charge is 2.28. The number of sulfonamides is 1. The maximum absolute atomic E-state index is 13.6. The van der Waals surface area contributed by atoms with Crippen molar-refractivity contribution in [3.8, 4) is 0 Å². The molecule has 5 rings (SSSR count). The molecule has 1 fully saturated rings. The summed E-state index contributed by atoms with van der Waals surface area (Å²) in [5.41, 5.74) is 2.17. The van der Waals surface area contributed by atoms with Crippen molar-refractivity contribution in [1.82, 2.24) is 29.5 Å². The maximum atomic E-state index is 13.6. The van der Waals surface area contributed by atoms with Crippen LogP contribution in [0.3, 0.4) is 0 Å². The van der Waals surface area contributed by atoms with Crippen LogP contribution in [-0.2, 0) is 17.1 Å². The molecular formula is C27H31ClN8O4S. The van der Waals surface area contributed by atoms with Crippen molar-refractivity contribution in [2.24, 2.45) is 7.05 Å². The summed E-state index contributed by atoms with van der Waals surface area (Å²) in [7, 11) is -2.07. The van der Waals surface area contributed by atoms with E-state index in [1.54, 1.807) is 23.9 Å². The fourth-order valence-corrected chi connectivity index (χ4v) is 5.92. The monoisotopic (exact) mass is 598 g/mol. The number of aromatic amines is 1. The van der Waals surface area contributed by atoms with Crippen molar-refractivity contribution >= 4 is 49.9 Å². The number of carbonyl (C=O) groups excluding carboxylic acids is 1. The van der Waals surface area contributed by atoms with Crippen molar-refractivity contribution in [2.75, 3.05) is 29.6 Å². The Morgan fingerprint density at radius 3 is 2.71 bits per heavy atom. The molecule has 14 heteroatoms. The number of halogens is 1. The van der Waals surface area contributed by atoms with Crippen LogP contribution >= 0.6 is 11.6 Å². The lowest BCUT2D eigenvalue weighted by molar-refractivity contribution is 0.0977. The Morgan fingerprint density at radius 1 is 1.22 bits per heavy atom. The highest BCUT2D eigenvalue weighted by molar-refractivity contribution is 7.89. The predicted molar refractivity (Wildman–Crippen MR) is 158 cm³/mol. The molecule has 0 bridgehead atoms. The molecule has 0 radical (unpaired) electrons. The first-order valence-electron chi connectivity index (χ1n) is 13.1. The molecule has 1 amide bonds. The van der Waals surface area contributed by atoms with Gasteiger partial charge in [-0.3, -0.25) is 19.3 Å². The van der Waals surface area contributed by atoms with E-state index in [0.717, 1.165) is 42.6 Å². The molecule has 4 heterocycles. The lowest BCUT2D eigenvalue weighted by atomic mass is 9.95. The molecule has 0 unspecified atom stereocenters. The Morgan fingerprint density at radius 2 is 2.00 bits per heavy atom. The number of pyridine rings is 1. The third kappa shape index (κ3) is 6.05. The summed E-state index contributed by atoms with van der Waals surface area (Å²) < 4.78 is 26.9. The van der Waals surface area contributed by atoms with E-state index >= 15 is 0 Å². The molecular weight excluding hydrogens is 568 g/mol. The van der Waals surface area contributed by atoms with E-state index in [0.29, 0.717) is 23.3 Å². The zero-order valence-electron chi connectivity index (χ0n) is 23.1. The van der Waals surface area contributed by atoms with Gasteiger partial charge in [0.1, 0.15) is 16.8 Å². The molecule has 41 heavy (non-hydrogen) atoms. The average Bonchev–Trinajstić information content (AvgIpc) is 3.46. The lowest BCUT2D eigenvalue weighted by Crippen LogP contribution is -2.37. The number of hydrogen-bond donors (Lipinski definition) is 3. The Balaban J connectivity index is 1.54. The third-order valence-electron chi connectivity index (χ3n) is 7.18. The van der Waals surface area contributed by atoms with Crippen molar-refractivity contribution in [3.63, 3.8) is 0 Å². The molecule has 1 aromatic carbocycles. The number of aromatic nitrogens is 5. The quantitative estimate of drug-likeness (QED) is 0.272. The molecule has 216 valence electrons. The zero-order valence-corrected chi connectivity index (χ0v) is 24.7. The second-order valence-electron chi connectivity index (χ2n) is 10.4. The van der Waals surface area contributed by atoms with Gasteiger partial charge in [0.15, 0.2) is 5.69 Å². The van der Waals surface area contributed by atoms with E-state index in [9.17, 15) is 18.0 Å². The van der Waals surface area contributed by atoms with E-state index in [1.807, 2.05) is 36.8 Å². The van der Waals surface area contributed by atoms with Gasteiger partial charge in [0, 0.05) is 43.9 Å². The minimum absolute atomic E-state index is 0.0201. The molecule has 0 spiro atoms. The van der Waals surface area contributed by atoms with E-state index in [-0.39, 0.29) is 28.0 Å². The number of nitrogens with zero attached hydrogens (tertiary/aromatic N) is 5. The molecule has 1 aliphatic heterocycles. The smallest absolute Gasteiger partial charge is 0.285 e. The average molecular weight is 599 g/mol. The Bertz CT molecular complexity index is 1790. The van der Waals surface area contributed by atoms with Gasteiger partial charge in [-0.1, -0.05) is 17.7 Å². The highest BCUT2D eigenvalue weighted by Crippen LogP contribution is 2.31. The van der Waals surface area contributed by atoms with Gasteiger partial charge in [0.05, 0.1) is 28.9 Å². The summed E-state index contributed by atoms with van der Waals surface area (Å²) in [6.45, 7) is 5.33. The molecule has 1 saturated heterocycles. The second-order valence-corrected chi connectivity index (χ2v) is 12.5. The number of aryl methyl sites for hydroxylation is 1. The van der Waals surface area contributed by atoms with Gasteiger partial charge in [-0.2, -0.15) is 5.10 Å². The number of rotatable bonds is 7. The van der Waals surface area contributed by atoms with Gasteiger partial charge in [-0.25, -0.2) is 23.1 Å². The minimum Gasteiger partial charge on any atom is -0.377 e. The molecule has 0 saturated carbocycles. The molecule has 1 aliphatic rings. The SMILES string of the molecule is Cc1cc([C@@H](C)Nc2ccc(Cl)nc2C(=O)NS(C)(=O)=O)c2nc([C@@H]3CCCN(c4cc[nH]n4)C3)n(C)c(=O)c2c1. The van der Waals surface area contributed by atoms with Crippen LogP contribution in [0.5, 0.6) is 0 Å². The van der Waals surface area contributed by atoms with Gasteiger partial charge >= 0.3 is 0 Å². The first-order chi connectivity index (χ1) is 19.4.